The maximum absolute atomic E-state index is 11.9. The highest BCUT2D eigenvalue weighted by Gasteiger charge is 2.25. The van der Waals surface area contributed by atoms with Crippen LogP contribution in [-0.2, 0) is 9.53 Å². The van der Waals surface area contributed by atoms with E-state index in [2.05, 4.69) is 4.83 Å². The fraction of sp³-hybridized carbons (Fsp3) is 0.462. The highest BCUT2D eigenvalue weighted by Crippen LogP contribution is 2.29. The minimum atomic E-state index is -0.208. The van der Waals surface area contributed by atoms with Gasteiger partial charge in [-0.25, -0.2) is 9.47 Å². The van der Waals surface area contributed by atoms with Gasteiger partial charge in [0.2, 0.25) is 0 Å². The normalized spacial score (nSPS) is 18.8. The molecule has 0 amide bonds. The average molecular weight is 301 g/mol. The SMILES string of the molecule is CCOC(=O)C1=CCCCC1SNn1cccc1Cl. The number of carbonyl (C=O) groups excluding carboxylic acids is 1. The maximum Gasteiger partial charge on any atom is 0.334 e. The van der Waals surface area contributed by atoms with E-state index in [-0.39, 0.29) is 11.2 Å². The Kier molecular flexibility index (Phi) is 5.22. The third-order valence-electron chi connectivity index (χ3n) is 2.89. The van der Waals surface area contributed by atoms with Gasteiger partial charge in [0.25, 0.3) is 0 Å². The summed E-state index contributed by atoms with van der Waals surface area (Å²) in [6, 6.07) is 3.66. The van der Waals surface area contributed by atoms with Crippen LogP contribution in [0.4, 0.5) is 0 Å². The average Bonchev–Trinajstić information content (AvgIpc) is 2.82. The van der Waals surface area contributed by atoms with Crippen LogP contribution in [0.5, 0.6) is 0 Å². The molecule has 1 atom stereocenters. The number of halogens is 1. The van der Waals surface area contributed by atoms with Crippen molar-refractivity contribution in [1.29, 1.82) is 0 Å². The van der Waals surface area contributed by atoms with Crippen molar-refractivity contribution in [1.82, 2.24) is 4.68 Å². The minimum Gasteiger partial charge on any atom is -0.463 e. The Hall–Kier alpha value is -1.07. The van der Waals surface area contributed by atoms with Crippen molar-refractivity contribution >= 4 is 29.5 Å². The molecule has 19 heavy (non-hydrogen) atoms. The molecule has 1 aromatic heterocycles. The van der Waals surface area contributed by atoms with Gasteiger partial charge in [-0.3, -0.25) is 4.83 Å². The lowest BCUT2D eigenvalue weighted by Gasteiger charge is -2.23. The Morgan fingerprint density at radius 1 is 1.68 bits per heavy atom. The number of hydrogen-bond donors (Lipinski definition) is 1. The molecular formula is C13H17ClN2O2S. The molecule has 0 saturated heterocycles. The van der Waals surface area contributed by atoms with Crippen LogP contribution in [0, 0.1) is 0 Å². The van der Waals surface area contributed by atoms with Crippen LogP contribution in [0.1, 0.15) is 26.2 Å². The van der Waals surface area contributed by atoms with Gasteiger partial charge in [-0.2, -0.15) is 0 Å². The van der Waals surface area contributed by atoms with Gasteiger partial charge in [0.1, 0.15) is 5.15 Å². The van der Waals surface area contributed by atoms with E-state index < -0.39 is 0 Å². The lowest BCUT2D eigenvalue weighted by Crippen LogP contribution is -2.23. The number of nitrogens with one attached hydrogen (secondary N) is 1. The first kappa shape index (κ1) is 14.3. The Bertz CT molecular complexity index is 473. The van der Waals surface area contributed by atoms with Crippen molar-refractivity contribution < 1.29 is 9.53 Å². The first-order valence-corrected chi connectivity index (χ1v) is 7.60. The highest BCUT2D eigenvalue weighted by molar-refractivity contribution is 8.01. The van der Waals surface area contributed by atoms with E-state index >= 15 is 0 Å². The van der Waals surface area contributed by atoms with Crippen LogP contribution < -0.4 is 4.83 Å². The summed E-state index contributed by atoms with van der Waals surface area (Å²) in [5.41, 5.74) is 0.758. The summed E-state index contributed by atoms with van der Waals surface area (Å²) in [5, 5.41) is 0.719. The highest BCUT2D eigenvalue weighted by atomic mass is 35.5. The summed E-state index contributed by atoms with van der Waals surface area (Å²) in [4.78, 5) is 15.0. The molecule has 1 N–H and O–H groups in total. The second-order valence-electron chi connectivity index (χ2n) is 4.21. The molecule has 1 aliphatic carbocycles. The molecular weight excluding hydrogens is 284 g/mol. The van der Waals surface area contributed by atoms with Crippen LogP contribution in [-0.4, -0.2) is 22.5 Å². The molecule has 1 aliphatic rings. The molecule has 0 spiro atoms. The smallest absolute Gasteiger partial charge is 0.334 e. The molecule has 0 fully saturated rings. The van der Waals surface area contributed by atoms with E-state index in [9.17, 15) is 4.79 Å². The van der Waals surface area contributed by atoms with Gasteiger partial charge in [0.15, 0.2) is 0 Å². The topological polar surface area (TPSA) is 43.3 Å². The monoisotopic (exact) mass is 300 g/mol. The standard InChI is InChI=1S/C13H17ClN2O2S/c1-2-18-13(17)10-6-3-4-7-11(10)19-15-16-9-5-8-12(16)14/h5-6,8-9,11,15H,2-4,7H2,1H3. The first-order chi connectivity index (χ1) is 9.22. The van der Waals surface area contributed by atoms with Gasteiger partial charge in [0, 0.05) is 11.8 Å². The van der Waals surface area contributed by atoms with Gasteiger partial charge < -0.3 is 4.74 Å². The second-order valence-corrected chi connectivity index (χ2v) is 5.58. The predicted octanol–water partition coefficient (Wildman–Crippen LogP) is 3.38. The Morgan fingerprint density at radius 2 is 2.53 bits per heavy atom. The number of rotatable bonds is 5. The number of esters is 1. The molecule has 6 heteroatoms. The van der Waals surface area contributed by atoms with Crippen molar-refractivity contribution in [2.24, 2.45) is 0 Å². The Morgan fingerprint density at radius 3 is 3.21 bits per heavy atom. The Balaban J connectivity index is 1.97. The molecule has 104 valence electrons. The lowest BCUT2D eigenvalue weighted by molar-refractivity contribution is -0.138. The molecule has 2 rings (SSSR count). The number of nitrogens with zero attached hydrogens (tertiary/aromatic N) is 1. The van der Waals surface area contributed by atoms with E-state index in [1.165, 1.54) is 11.9 Å². The van der Waals surface area contributed by atoms with Gasteiger partial charge in [-0.15, -0.1) is 0 Å². The fourth-order valence-corrected chi connectivity index (χ4v) is 3.18. The zero-order valence-electron chi connectivity index (χ0n) is 10.8. The van der Waals surface area contributed by atoms with Gasteiger partial charge in [-0.1, -0.05) is 17.7 Å². The Labute approximate surface area is 122 Å². The molecule has 4 nitrogen and oxygen atoms in total. The van der Waals surface area contributed by atoms with Crippen LogP contribution in [0.15, 0.2) is 30.0 Å². The zero-order chi connectivity index (χ0) is 13.7. The molecule has 0 saturated carbocycles. The van der Waals surface area contributed by atoms with Gasteiger partial charge in [0.05, 0.1) is 11.9 Å². The molecule has 1 aromatic rings. The molecule has 1 unspecified atom stereocenters. The molecule has 0 radical (unpaired) electrons. The number of ether oxygens (including phenoxy) is 1. The molecule has 0 aliphatic heterocycles. The summed E-state index contributed by atoms with van der Waals surface area (Å²) in [6.07, 6.45) is 6.81. The molecule has 0 bridgehead atoms. The zero-order valence-corrected chi connectivity index (χ0v) is 12.3. The third-order valence-corrected chi connectivity index (χ3v) is 4.27. The van der Waals surface area contributed by atoms with Crippen LogP contribution in [0.2, 0.25) is 5.15 Å². The second kappa shape index (κ2) is 6.91. The molecule has 1 heterocycles. The van der Waals surface area contributed by atoms with E-state index in [4.69, 9.17) is 16.3 Å². The van der Waals surface area contributed by atoms with Crippen molar-refractivity contribution in [3.8, 4) is 0 Å². The van der Waals surface area contributed by atoms with Crippen molar-refractivity contribution in [2.45, 2.75) is 31.4 Å². The van der Waals surface area contributed by atoms with Crippen LogP contribution in [0.3, 0.4) is 0 Å². The summed E-state index contributed by atoms with van der Waals surface area (Å²) < 4.78 is 6.82. The van der Waals surface area contributed by atoms with E-state index in [0.717, 1.165) is 24.8 Å². The van der Waals surface area contributed by atoms with Crippen LogP contribution in [0.25, 0.3) is 0 Å². The quantitative estimate of drug-likeness (QED) is 0.669. The van der Waals surface area contributed by atoms with Crippen molar-refractivity contribution in [3.63, 3.8) is 0 Å². The van der Waals surface area contributed by atoms with Crippen LogP contribution >= 0.6 is 23.5 Å². The first-order valence-electron chi connectivity index (χ1n) is 6.34. The number of allylic oxidation sites excluding steroid dienone is 1. The van der Waals surface area contributed by atoms with E-state index in [0.29, 0.717) is 11.8 Å². The number of hydrogen-bond acceptors (Lipinski definition) is 4. The molecule has 0 aromatic carbocycles. The van der Waals surface area contributed by atoms with E-state index in [1.807, 2.05) is 25.3 Å². The third kappa shape index (κ3) is 3.70. The summed E-state index contributed by atoms with van der Waals surface area (Å²) in [5.74, 6) is -0.208. The minimum absolute atomic E-state index is 0.103. The largest absolute Gasteiger partial charge is 0.463 e. The summed E-state index contributed by atoms with van der Waals surface area (Å²) in [7, 11) is 0. The van der Waals surface area contributed by atoms with E-state index in [1.54, 1.807) is 10.7 Å². The lowest BCUT2D eigenvalue weighted by atomic mass is 9.99. The number of carbonyl (C=O) groups is 1. The van der Waals surface area contributed by atoms with Crippen molar-refractivity contribution in [3.05, 3.63) is 35.1 Å². The summed E-state index contributed by atoms with van der Waals surface area (Å²) in [6.45, 7) is 2.23. The van der Waals surface area contributed by atoms with Crippen molar-refractivity contribution in [2.75, 3.05) is 11.4 Å². The van der Waals surface area contributed by atoms with Gasteiger partial charge >= 0.3 is 5.97 Å². The van der Waals surface area contributed by atoms with Gasteiger partial charge in [-0.05, 0) is 50.3 Å². The number of aromatic nitrogens is 1. The predicted molar refractivity (Wildman–Crippen MR) is 78.7 cm³/mol. The summed E-state index contributed by atoms with van der Waals surface area (Å²) >= 11 is 7.48. The fourth-order valence-electron chi connectivity index (χ4n) is 1.95. The maximum atomic E-state index is 11.9.